The van der Waals surface area contributed by atoms with Gasteiger partial charge >= 0.3 is 6.03 Å². The maximum absolute atomic E-state index is 11.8. The highest BCUT2D eigenvalue weighted by Crippen LogP contribution is 2.23. The maximum atomic E-state index is 11.8. The number of phenols is 1. The van der Waals surface area contributed by atoms with Gasteiger partial charge < -0.3 is 15.7 Å². The van der Waals surface area contributed by atoms with Gasteiger partial charge in [0, 0.05) is 17.8 Å². The molecule has 1 aromatic rings. The number of amides is 2. The number of urea groups is 1. The topological polar surface area (TPSA) is 61.4 Å². The molecule has 1 aromatic carbocycles. The summed E-state index contributed by atoms with van der Waals surface area (Å²) in [6, 6.07) is 6.63. The Bertz CT molecular complexity index is 420. The van der Waals surface area contributed by atoms with Crippen molar-refractivity contribution in [2.24, 2.45) is 5.92 Å². The lowest BCUT2D eigenvalue weighted by Gasteiger charge is -2.29. The molecule has 0 aromatic heterocycles. The van der Waals surface area contributed by atoms with Gasteiger partial charge in [-0.1, -0.05) is 25.8 Å². The van der Waals surface area contributed by atoms with Crippen molar-refractivity contribution in [2.45, 2.75) is 38.6 Å². The molecular formula is C14H20N2O2. The van der Waals surface area contributed by atoms with E-state index in [4.69, 9.17) is 0 Å². The van der Waals surface area contributed by atoms with Crippen LogP contribution >= 0.6 is 0 Å². The lowest BCUT2D eigenvalue weighted by Crippen LogP contribution is -2.43. The van der Waals surface area contributed by atoms with E-state index in [1.54, 1.807) is 18.2 Å². The molecular weight excluding hydrogens is 228 g/mol. The molecule has 2 atom stereocenters. The molecule has 1 aliphatic rings. The van der Waals surface area contributed by atoms with E-state index in [0.29, 0.717) is 11.6 Å². The number of rotatable bonds is 2. The van der Waals surface area contributed by atoms with Crippen LogP contribution in [0.2, 0.25) is 0 Å². The van der Waals surface area contributed by atoms with E-state index >= 15 is 0 Å². The van der Waals surface area contributed by atoms with Gasteiger partial charge in [-0.3, -0.25) is 0 Å². The zero-order valence-corrected chi connectivity index (χ0v) is 10.6. The van der Waals surface area contributed by atoms with E-state index in [1.807, 2.05) is 0 Å². The minimum Gasteiger partial charge on any atom is -0.508 e. The van der Waals surface area contributed by atoms with Crippen LogP contribution in [0.3, 0.4) is 0 Å². The summed E-state index contributed by atoms with van der Waals surface area (Å²) in [6.45, 7) is 2.18. The number of phenolic OH excluding ortho intramolecular Hbond substituents is 1. The van der Waals surface area contributed by atoms with Crippen LogP contribution in [0.5, 0.6) is 5.75 Å². The maximum Gasteiger partial charge on any atom is 0.319 e. The molecule has 1 aliphatic carbocycles. The molecule has 0 bridgehead atoms. The molecule has 3 N–H and O–H groups in total. The van der Waals surface area contributed by atoms with Crippen molar-refractivity contribution in [1.82, 2.24) is 5.32 Å². The van der Waals surface area contributed by atoms with Crippen molar-refractivity contribution in [3.8, 4) is 5.75 Å². The van der Waals surface area contributed by atoms with Crippen LogP contribution in [-0.4, -0.2) is 17.2 Å². The molecule has 1 saturated carbocycles. The number of carbonyl (C=O) groups excluding carboxylic acids is 1. The first-order valence-corrected chi connectivity index (χ1v) is 6.51. The summed E-state index contributed by atoms with van der Waals surface area (Å²) in [6.07, 6.45) is 4.67. The monoisotopic (exact) mass is 248 g/mol. The molecule has 0 aliphatic heterocycles. The average Bonchev–Trinajstić information content (AvgIpc) is 2.32. The van der Waals surface area contributed by atoms with Crippen LogP contribution in [0.15, 0.2) is 24.3 Å². The molecule has 1 fully saturated rings. The van der Waals surface area contributed by atoms with Gasteiger partial charge in [-0.05, 0) is 30.9 Å². The standard InChI is InChI=1S/C14H20N2O2/c1-10-5-2-3-8-13(10)16-14(18)15-11-6-4-7-12(17)9-11/h4,6-7,9-10,13,17H,2-3,5,8H2,1H3,(H2,15,16,18). The first-order valence-electron chi connectivity index (χ1n) is 6.51. The van der Waals surface area contributed by atoms with Crippen molar-refractivity contribution in [3.63, 3.8) is 0 Å². The number of hydrogen-bond donors (Lipinski definition) is 3. The van der Waals surface area contributed by atoms with Gasteiger partial charge in [-0.2, -0.15) is 0 Å². The quantitative estimate of drug-likeness (QED) is 0.753. The molecule has 2 unspecified atom stereocenters. The Morgan fingerprint density at radius 3 is 2.83 bits per heavy atom. The SMILES string of the molecule is CC1CCCCC1NC(=O)Nc1cccc(O)c1. The van der Waals surface area contributed by atoms with Crippen molar-refractivity contribution in [3.05, 3.63) is 24.3 Å². The fourth-order valence-corrected chi connectivity index (χ4v) is 2.45. The van der Waals surface area contributed by atoms with E-state index in [-0.39, 0.29) is 17.8 Å². The van der Waals surface area contributed by atoms with Gasteiger partial charge in [0.2, 0.25) is 0 Å². The summed E-state index contributed by atoms with van der Waals surface area (Å²) >= 11 is 0. The number of benzene rings is 1. The van der Waals surface area contributed by atoms with Crippen molar-refractivity contribution < 1.29 is 9.90 Å². The second-order valence-electron chi connectivity index (χ2n) is 5.02. The summed E-state index contributed by atoms with van der Waals surface area (Å²) in [5.74, 6) is 0.688. The smallest absolute Gasteiger partial charge is 0.319 e. The van der Waals surface area contributed by atoms with E-state index in [9.17, 15) is 9.90 Å². The zero-order chi connectivity index (χ0) is 13.0. The van der Waals surface area contributed by atoms with E-state index < -0.39 is 0 Å². The molecule has 18 heavy (non-hydrogen) atoms. The third-order valence-corrected chi connectivity index (χ3v) is 3.53. The van der Waals surface area contributed by atoms with Crippen molar-refractivity contribution in [2.75, 3.05) is 5.32 Å². The molecule has 4 heteroatoms. The second kappa shape index (κ2) is 5.76. The van der Waals surface area contributed by atoms with Crippen LogP contribution in [0, 0.1) is 5.92 Å². The molecule has 2 rings (SSSR count). The summed E-state index contributed by atoms with van der Waals surface area (Å²) in [5.41, 5.74) is 0.607. The van der Waals surface area contributed by atoms with Gasteiger partial charge in [0.1, 0.15) is 5.75 Å². The number of hydrogen-bond acceptors (Lipinski definition) is 2. The van der Waals surface area contributed by atoms with Crippen molar-refractivity contribution in [1.29, 1.82) is 0 Å². The first kappa shape index (κ1) is 12.7. The number of carbonyl (C=O) groups is 1. The Labute approximate surface area is 107 Å². The van der Waals surface area contributed by atoms with Crippen LogP contribution in [0.1, 0.15) is 32.6 Å². The number of aromatic hydroxyl groups is 1. The first-order chi connectivity index (χ1) is 8.65. The predicted octanol–water partition coefficient (Wildman–Crippen LogP) is 3.09. The predicted molar refractivity (Wildman–Crippen MR) is 71.7 cm³/mol. The number of nitrogens with one attached hydrogen (secondary N) is 2. The van der Waals surface area contributed by atoms with E-state index in [1.165, 1.54) is 25.3 Å². The fraction of sp³-hybridized carbons (Fsp3) is 0.500. The Hall–Kier alpha value is -1.71. The molecule has 0 spiro atoms. The molecule has 2 amide bonds. The van der Waals surface area contributed by atoms with Crippen LogP contribution < -0.4 is 10.6 Å². The molecule has 0 saturated heterocycles. The van der Waals surface area contributed by atoms with Crippen LogP contribution in [-0.2, 0) is 0 Å². The van der Waals surface area contributed by atoms with E-state index in [2.05, 4.69) is 17.6 Å². The third-order valence-electron chi connectivity index (χ3n) is 3.53. The average molecular weight is 248 g/mol. The molecule has 98 valence electrons. The minimum absolute atomic E-state index is 0.152. The van der Waals surface area contributed by atoms with Gasteiger partial charge in [0.05, 0.1) is 0 Å². The zero-order valence-electron chi connectivity index (χ0n) is 10.6. The minimum atomic E-state index is -0.195. The van der Waals surface area contributed by atoms with Gasteiger partial charge in [0.15, 0.2) is 0 Å². The van der Waals surface area contributed by atoms with E-state index in [0.717, 1.165) is 6.42 Å². The Kier molecular flexibility index (Phi) is 4.07. The van der Waals surface area contributed by atoms with Gasteiger partial charge in [-0.15, -0.1) is 0 Å². The highest BCUT2D eigenvalue weighted by Gasteiger charge is 2.22. The third kappa shape index (κ3) is 3.39. The molecule has 0 heterocycles. The summed E-state index contributed by atoms with van der Waals surface area (Å²) in [4.78, 5) is 11.8. The summed E-state index contributed by atoms with van der Waals surface area (Å²) in [5, 5.41) is 15.1. The van der Waals surface area contributed by atoms with Crippen molar-refractivity contribution >= 4 is 11.7 Å². The number of anilines is 1. The van der Waals surface area contributed by atoms with Crippen LogP contribution in [0.4, 0.5) is 10.5 Å². The Morgan fingerprint density at radius 1 is 1.33 bits per heavy atom. The fourth-order valence-electron chi connectivity index (χ4n) is 2.45. The normalized spacial score (nSPS) is 23.4. The van der Waals surface area contributed by atoms with Crippen LogP contribution in [0.25, 0.3) is 0 Å². The second-order valence-corrected chi connectivity index (χ2v) is 5.02. The highest BCUT2D eigenvalue weighted by atomic mass is 16.3. The largest absolute Gasteiger partial charge is 0.508 e. The Balaban J connectivity index is 1.88. The van der Waals surface area contributed by atoms with Gasteiger partial charge in [-0.25, -0.2) is 4.79 Å². The molecule has 0 radical (unpaired) electrons. The summed E-state index contributed by atoms with van der Waals surface area (Å²) < 4.78 is 0. The Morgan fingerprint density at radius 2 is 2.11 bits per heavy atom. The molecule has 4 nitrogen and oxygen atoms in total. The lowest BCUT2D eigenvalue weighted by molar-refractivity contribution is 0.232. The van der Waals surface area contributed by atoms with Gasteiger partial charge in [0.25, 0.3) is 0 Å². The summed E-state index contributed by atoms with van der Waals surface area (Å²) in [7, 11) is 0. The highest BCUT2D eigenvalue weighted by molar-refractivity contribution is 5.89. The lowest BCUT2D eigenvalue weighted by atomic mass is 9.86.